The lowest BCUT2D eigenvalue weighted by atomic mass is 10.1. The zero-order chi connectivity index (χ0) is 5.28. The molecule has 7 heavy (non-hydrogen) atoms. The van der Waals surface area contributed by atoms with E-state index in [2.05, 4.69) is 0 Å². The maximum absolute atomic E-state index is 11.6. The van der Waals surface area contributed by atoms with Crippen molar-refractivity contribution in [2.75, 3.05) is 20.3 Å². The Bertz CT molecular complexity index is 63.1. The summed E-state index contributed by atoms with van der Waals surface area (Å²) in [5, 5.41) is 0. The molecule has 0 aliphatic carbocycles. The van der Waals surface area contributed by atoms with Crippen LogP contribution in [-0.4, -0.2) is 31.2 Å². The van der Waals surface area contributed by atoms with Gasteiger partial charge in [-0.25, -0.2) is 4.39 Å². The molecule has 2 heteroatoms. The van der Waals surface area contributed by atoms with E-state index >= 15 is 0 Å². The van der Waals surface area contributed by atoms with Gasteiger partial charge in [0, 0.05) is 6.04 Å². The number of rotatable bonds is 1. The Morgan fingerprint density at radius 2 is 2.57 bits per heavy atom. The molecule has 0 spiro atoms. The van der Waals surface area contributed by atoms with E-state index in [0.29, 0.717) is 0 Å². The minimum atomic E-state index is -0.170. The minimum absolute atomic E-state index is 0.170. The van der Waals surface area contributed by atoms with Gasteiger partial charge in [0.2, 0.25) is 0 Å². The monoisotopic (exact) mass is 103 g/mol. The Labute approximate surface area is 43.1 Å². The van der Waals surface area contributed by atoms with E-state index in [1.807, 2.05) is 11.9 Å². The number of hydrogen-bond donors (Lipinski definition) is 0. The maximum Gasteiger partial charge on any atom is 0.105 e. The van der Waals surface area contributed by atoms with Gasteiger partial charge in [0.15, 0.2) is 0 Å². The zero-order valence-electron chi connectivity index (χ0n) is 4.52. The molecule has 0 N–H and O–H groups in total. The Kier molecular flexibility index (Phi) is 1.28. The molecule has 1 rings (SSSR count). The quantitative estimate of drug-likeness (QED) is 0.471. The summed E-state index contributed by atoms with van der Waals surface area (Å²) < 4.78 is 11.6. The van der Waals surface area contributed by atoms with E-state index in [4.69, 9.17) is 0 Å². The van der Waals surface area contributed by atoms with Crippen LogP contribution in [0.4, 0.5) is 4.39 Å². The van der Waals surface area contributed by atoms with Gasteiger partial charge in [0.25, 0.3) is 0 Å². The molecule has 0 aromatic heterocycles. The molecule has 1 aliphatic rings. The SMILES string of the molecule is CN1CC[C@@H]1CF. The fourth-order valence-electron chi connectivity index (χ4n) is 0.765. The summed E-state index contributed by atoms with van der Waals surface area (Å²) in [6, 6.07) is 0.250. The first-order valence-electron chi connectivity index (χ1n) is 2.61. The summed E-state index contributed by atoms with van der Waals surface area (Å²) in [4.78, 5) is 2.03. The molecule has 0 aromatic carbocycles. The first kappa shape index (κ1) is 5.04. The second-order valence-corrected chi connectivity index (χ2v) is 2.08. The molecule has 1 fully saturated rings. The summed E-state index contributed by atoms with van der Waals surface area (Å²) in [7, 11) is 1.95. The van der Waals surface area contributed by atoms with Crippen LogP contribution in [0.5, 0.6) is 0 Å². The van der Waals surface area contributed by atoms with Gasteiger partial charge in [-0.05, 0) is 20.0 Å². The van der Waals surface area contributed by atoms with Gasteiger partial charge in [0.05, 0.1) is 0 Å². The lowest BCUT2D eigenvalue weighted by Gasteiger charge is -2.35. The lowest BCUT2D eigenvalue weighted by Crippen LogP contribution is -2.45. The first-order valence-corrected chi connectivity index (χ1v) is 2.61. The predicted octanol–water partition coefficient (Wildman–Crippen LogP) is 0.660. The number of likely N-dealkylation sites (tertiary alicyclic amines) is 1. The van der Waals surface area contributed by atoms with Gasteiger partial charge in [-0.3, -0.25) is 0 Å². The third-order valence-corrected chi connectivity index (χ3v) is 1.62. The van der Waals surface area contributed by atoms with Crippen LogP contribution in [0.15, 0.2) is 0 Å². The van der Waals surface area contributed by atoms with Crippen molar-refractivity contribution in [3.05, 3.63) is 0 Å². The fourth-order valence-corrected chi connectivity index (χ4v) is 0.765. The highest BCUT2D eigenvalue weighted by Crippen LogP contribution is 2.13. The topological polar surface area (TPSA) is 3.24 Å². The molecule has 1 atom stereocenters. The smallest absolute Gasteiger partial charge is 0.105 e. The predicted molar refractivity (Wildman–Crippen MR) is 27.0 cm³/mol. The van der Waals surface area contributed by atoms with Crippen molar-refractivity contribution in [2.24, 2.45) is 0 Å². The maximum atomic E-state index is 11.6. The zero-order valence-corrected chi connectivity index (χ0v) is 4.52. The van der Waals surface area contributed by atoms with Crippen molar-refractivity contribution in [3.63, 3.8) is 0 Å². The molecule has 0 saturated carbocycles. The molecule has 1 aliphatic heterocycles. The van der Waals surface area contributed by atoms with Gasteiger partial charge in [-0.15, -0.1) is 0 Å². The molecule has 1 heterocycles. The molecule has 42 valence electrons. The summed E-state index contributed by atoms with van der Waals surface area (Å²) in [5.41, 5.74) is 0. The lowest BCUT2D eigenvalue weighted by molar-refractivity contribution is 0.101. The van der Waals surface area contributed by atoms with Gasteiger partial charge in [0.1, 0.15) is 6.67 Å². The molecule has 0 unspecified atom stereocenters. The molecule has 0 aromatic rings. The molecule has 0 radical (unpaired) electrons. The van der Waals surface area contributed by atoms with Crippen LogP contribution >= 0.6 is 0 Å². The highest BCUT2D eigenvalue weighted by atomic mass is 19.1. The van der Waals surface area contributed by atoms with Crippen molar-refractivity contribution in [3.8, 4) is 0 Å². The van der Waals surface area contributed by atoms with Crippen LogP contribution in [0.1, 0.15) is 6.42 Å². The largest absolute Gasteiger partial charge is 0.301 e. The normalized spacial score (nSPS) is 32.6. The summed E-state index contributed by atoms with van der Waals surface area (Å²) in [6.45, 7) is 0.908. The number of alkyl halides is 1. The number of hydrogen-bond acceptors (Lipinski definition) is 1. The highest BCUT2D eigenvalue weighted by Gasteiger charge is 2.22. The standard InChI is InChI=1S/C5H10FN/c1-7-3-2-5(7)4-6/h5H,2-4H2,1H3/t5-/m1/s1. The van der Waals surface area contributed by atoms with Gasteiger partial charge >= 0.3 is 0 Å². The Hall–Kier alpha value is -0.110. The average Bonchev–Trinajstić information content (AvgIpc) is 1.65. The van der Waals surface area contributed by atoms with Crippen molar-refractivity contribution in [1.29, 1.82) is 0 Å². The molecule has 0 bridgehead atoms. The second kappa shape index (κ2) is 1.78. The average molecular weight is 103 g/mol. The second-order valence-electron chi connectivity index (χ2n) is 2.08. The van der Waals surface area contributed by atoms with Crippen LogP contribution in [0.3, 0.4) is 0 Å². The third kappa shape index (κ3) is 0.752. The molecular formula is C5H10FN. The Morgan fingerprint density at radius 1 is 1.86 bits per heavy atom. The van der Waals surface area contributed by atoms with Crippen molar-refractivity contribution < 1.29 is 4.39 Å². The fraction of sp³-hybridized carbons (Fsp3) is 1.00. The summed E-state index contributed by atoms with van der Waals surface area (Å²) in [6.07, 6.45) is 1.05. The molecule has 1 saturated heterocycles. The minimum Gasteiger partial charge on any atom is -0.301 e. The van der Waals surface area contributed by atoms with E-state index in [1.54, 1.807) is 0 Å². The van der Waals surface area contributed by atoms with Crippen LogP contribution in [0.25, 0.3) is 0 Å². The first-order chi connectivity index (χ1) is 3.34. The summed E-state index contributed by atoms with van der Waals surface area (Å²) >= 11 is 0. The van der Waals surface area contributed by atoms with Crippen LogP contribution in [0, 0.1) is 0 Å². The van der Waals surface area contributed by atoms with Gasteiger partial charge < -0.3 is 4.90 Å². The molecule has 0 amide bonds. The van der Waals surface area contributed by atoms with Crippen molar-refractivity contribution >= 4 is 0 Å². The van der Waals surface area contributed by atoms with Crippen LogP contribution in [-0.2, 0) is 0 Å². The van der Waals surface area contributed by atoms with Crippen molar-refractivity contribution in [1.82, 2.24) is 4.90 Å². The van der Waals surface area contributed by atoms with E-state index in [9.17, 15) is 4.39 Å². The van der Waals surface area contributed by atoms with E-state index < -0.39 is 0 Å². The highest BCUT2D eigenvalue weighted by molar-refractivity contribution is 4.78. The number of nitrogens with zero attached hydrogens (tertiary/aromatic N) is 1. The molecular weight excluding hydrogens is 93.1 g/mol. The van der Waals surface area contributed by atoms with Crippen molar-refractivity contribution in [2.45, 2.75) is 12.5 Å². The third-order valence-electron chi connectivity index (χ3n) is 1.62. The Balaban J connectivity index is 2.16. The van der Waals surface area contributed by atoms with Crippen LogP contribution < -0.4 is 0 Å². The van der Waals surface area contributed by atoms with E-state index in [1.165, 1.54) is 0 Å². The number of halogens is 1. The summed E-state index contributed by atoms with van der Waals surface area (Å²) in [5.74, 6) is 0. The Morgan fingerprint density at radius 3 is 2.57 bits per heavy atom. The van der Waals surface area contributed by atoms with Gasteiger partial charge in [-0.2, -0.15) is 0 Å². The van der Waals surface area contributed by atoms with E-state index in [0.717, 1.165) is 13.0 Å². The van der Waals surface area contributed by atoms with E-state index in [-0.39, 0.29) is 12.7 Å². The van der Waals surface area contributed by atoms with Gasteiger partial charge in [-0.1, -0.05) is 0 Å². The molecule has 1 nitrogen and oxygen atoms in total. The van der Waals surface area contributed by atoms with Crippen LogP contribution in [0.2, 0.25) is 0 Å².